The molecular weight excluding hydrogens is 549 g/mol. The second-order valence-corrected chi connectivity index (χ2v) is 7.56. The van der Waals surface area contributed by atoms with Crippen molar-refractivity contribution in [2.24, 2.45) is 0 Å². The van der Waals surface area contributed by atoms with E-state index in [1.165, 1.54) is 0 Å². The molecule has 0 saturated carbocycles. The van der Waals surface area contributed by atoms with Gasteiger partial charge >= 0.3 is 47.7 Å². The summed E-state index contributed by atoms with van der Waals surface area (Å²) in [5.74, 6) is -49.0. The number of hydrogen-bond acceptors (Lipinski definition) is 3. The molecule has 0 aliphatic rings. The third-order valence-electron chi connectivity index (χ3n) is 4.87. The van der Waals surface area contributed by atoms with Gasteiger partial charge in [0, 0.05) is 0 Å². The van der Waals surface area contributed by atoms with Crippen LogP contribution in [0.2, 0.25) is 0 Å². The lowest BCUT2D eigenvalue weighted by atomic mass is 9.82. The van der Waals surface area contributed by atoms with Crippen LogP contribution < -0.4 is 0 Å². The van der Waals surface area contributed by atoms with E-state index in [0.29, 0.717) is 6.07 Å². The van der Waals surface area contributed by atoms with Gasteiger partial charge in [0.2, 0.25) is 0 Å². The number of methoxy groups -OCH3 is 1. The van der Waals surface area contributed by atoms with E-state index in [4.69, 9.17) is 0 Å². The van der Waals surface area contributed by atoms with E-state index < -0.39 is 70.8 Å². The van der Waals surface area contributed by atoms with Crippen molar-refractivity contribution in [1.82, 2.24) is 0 Å². The minimum Gasteiger partial charge on any atom is -0.465 e. The van der Waals surface area contributed by atoms with E-state index in [9.17, 15) is 75.8 Å². The van der Waals surface area contributed by atoms with Gasteiger partial charge in [-0.25, -0.2) is 4.79 Å². The average Bonchev–Trinajstić information content (AvgIpc) is 2.70. The third kappa shape index (κ3) is 4.55. The molecule has 36 heavy (non-hydrogen) atoms. The highest BCUT2D eigenvalue weighted by Crippen LogP contribution is 2.63. The lowest BCUT2D eigenvalue weighted by Crippen LogP contribution is -2.72. The zero-order valence-electron chi connectivity index (χ0n) is 17.4. The molecule has 0 fully saturated rings. The van der Waals surface area contributed by atoms with E-state index >= 15 is 0 Å². The fourth-order valence-corrected chi connectivity index (χ4v) is 2.88. The average molecular weight is 562 g/mol. The molecule has 0 heterocycles. The Balaban J connectivity index is 3.62. The Bertz CT molecular complexity index is 967. The highest BCUT2D eigenvalue weighted by Gasteiger charge is 2.93. The number of carbonyl (C=O) groups is 1. The number of hydrogen-bond donors (Lipinski definition) is 1. The first-order valence-electron chi connectivity index (χ1n) is 8.91. The summed E-state index contributed by atoms with van der Waals surface area (Å²) in [4.78, 5) is 11.7. The van der Waals surface area contributed by atoms with Crippen LogP contribution in [0.5, 0.6) is 0 Å². The van der Waals surface area contributed by atoms with E-state index in [-0.39, 0.29) is 6.92 Å². The number of rotatable bonds is 9. The van der Waals surface area contributed by atoms with Crippen LogP contribution in [0.3, 0.4) is 0 Å². The Kier molecular flexibility index (Phi) is 7.79. The van der Waals surface area contributed by atoms with E-state index in [1.54, 1.807) is 0 Å². The highest BCUT2D eigenvalue weighted by molar-refractivity contribution is 5.91. The fraction of sp³-hybridized carbons (Fsp3) is 0.611. The first kappa shape index (κ1) is 31.6. The predicted molar refractivity (Wildman–Crippen MR) is 87.7 cm³/mol. The molecular formula is C18H13F15O3. The number of halogens is 15. The predicted octanol–water partition coefficient (Wildman–Crippen LogP) is 6.44. The lowest BCUT2D eigenvalue weighted by molar-refractivity contribution is -0.453. The van der Waals surface area contributed by atoms with Gasteiger partial charge < -0.3 is 9.84 Å². The molecule has 1 aromatic rings. The molecule has 1 N–H and O–H groups in total. The van der Waals surface area contributed by atoms with Crippen molar-refractivity contribution in [1.29, 1.82) is 0 Å². The number of carbonyl (C=O) groups excluding carboxylic acids is 1. The minimum absolute atomic E-state index is 0.168. The maximum absolute atomic E-state index is 14.2. The van der Waals surface area contributed by atoms with Gasteiger partial charge in [-0.2, -0.15) is 65.9 Å². The number of aliphatic hydroxyl groups is 1. The van der Waals surface area contributed by atoms with Crippen LogP contribution in [-0.4, -0.2) is 59.9 Å². The summed E-state index contributed by atoms with van der Waals surface area (Å²) >= 11 is 0. The van der Waals surface area contributed by atoms with E-state index in [1.807, 2.05) is 0 Å². The fourth-order valence-electron chi connectivity index (χ4n) is 2.88. The Morgan fingerprint density at radius 3 is 1.53 bits per heavy atom. The Morgan fingerprint density at radius 2 is 1.11 bits per heavy atom. The van der Waals surface area contributed by atoms with Crippen LogP contribution in [0.4, 0.5) is 65.9 Å². The molecule has 208 valence electrons. The lowest BCUT2D eigenvalue weighted by Gasteiger charge is -2.42. The van der Waals surface area contributed by atoms with Crippen LogP contribution in [-0.2, 0) is 10.3 Å². The summed E-state index contributed by atoms with van der Waals surface area (Å²) in [5.41, 5.74) is -5.41. The van der Waals surface area contributed by atoms with Gasteiger partial charge in [0.25, 0.3) is 0 Å². The minimum atomic E-state index is -8.43. The molecule has 0 aliphatic heterocycles. The standard InChI is InChI=1S/C18H13F15O3/c1-11(35,9-6-4-3-5-8(9)10(34)36-2)7-12(19,20)13(21,22)14(23,24)15(25,26)16(27,28)17(29,30)18(31,32)33/h3-6,35H,7H2,1-2H3. The number of esters is 1. The summed E-state index contributed by atoms with van der Waals surface area (Å²) in [6.45, 7) is 0.168. The zero-order chi connectivity index (χ0) is 29.0. The van der Waals surface area contributed by atoms with Crippen LogP contribution in [0.15, 0.2) is 24.3 Å². The van der Waals surface area contributed by atoms with Crippen molar-refractivity contribution in [2.75, 3.05) is 7.11 Å². The van der Waals surface area contributed by atoms with Crippen molar-refractivity contribution >= 4 is 5.97 Å². The molecule has 0 aromatic heterocycles. The van der Waals surface area contributed by atoms with Gasteiger partial charge in [0.1, 0.15) is 0 Å². The topological polar surface area (TPSA) is 46.5 Å². The summed E-state index contributed by atoms with van der Waals surface area (Å²) in [6, 6.07) is 3.23. The molecule has 0 spiro atoms. The molecule has 1 unspecified atom stereocenters. The highest BCUT2D eigenvalue weighted by atomic mass is 19.4. The largest absolute Gasteiger partial charge is 0.465 e. The smallest absolute Gasteiger partial charge is 0.460 e. The van der Waals surface area contributed by atoms with Crippen molar-refractivity contribution in [3.63, 3.8) is 0 Å². The number of benzene rings is 1. The van der Waals surface area contributed by atoms with Crippen molar-refractivity contribution in [2.45, 2.75) is 60.7 Å². The first-order chi connectivity index (χ1) is 15.7. The molecule has 1 aromatic carbocycles. The zero-order valence-corrected chi connectivity index (χ0v) is 17.4. The normalized spacial score (nSPS) is 16.5. The summed E-state index contributed by atoms with van der Waals surface area (Å²) in [5, 5.41) is 10.2. The van der Waals surface area contributed by atoms with Gasteiger partial charge in [-0.3, -0.25) is 0 Å². The monoisotopic (exact) mass is 562 g/mol. The molecule has 0 aliphatic carbocycles. The van der Waals surface area contributed by atoms with Crippen LogP contribution >= 0.6 is 0 Å². The molecule has 3 nitrogen and oxygen atoms in total. The van der Waals surface area contributed by atoms with Crippen LogP contribution in [0.25, 0.3) is 0 Å². The third-order valence-corrected chi connectivity index (χ3v) is 4.87. The van der Waals surface area contributed by atoms with Gasteiger partial charge in [-0.1, -0.05) is 18.2 Å². The van der Waals surface area contributed by atoms with Gasteiger partial charge in [0.15, 0.2) is 0 Å². The first-order valence-corrected chi connectivity index (χ1v) is 8.91. The maximum Gasteiger partial charge on any atom is 0.460 e. The van der Waals surface area contributed by atoms with Gasteiger partial charge in [-0.05, 0) is 18.6 Å². The Labute approximate surface area is 190 Å². The molecule has 1 rings (SSSR count). The summed E-state index contributed by atoms with van der Waals surface area (Å²) < 4.78 is 204. The molecule has 18 heteroatoms. The molecule has 0 bridgehead atoms. The van der Waals surface area contributed by atoms with Crippen molar-refractivity contribution < 1.29 is 80.5 Å². The Hall–Kier alpha value is -2.40. The summed E-state index contributed by atoms with van der Waals surface area (Å²) in [7, 11) is 0.718. The molecule has 0 radical (unpaired) electrons. The van der Waals surface area contributed by atoms with Gasteiger partial charge in [0.05, 0.1) is 24.7 Å². The van der Waals surface area contributed by atoms with Crippen LogP contribution in [0.1, 0.15) is 29.3 Å². The number of ether oxygens (including phenoxy) is 1. The van der Waals surface area contributed by atoms with Crippen molar-refractivity contribution in [3.8, 4) is 0 Å². The van der Waals surface area contributed by atoms with Crippen LogP contribution in [0, 0.1) is 0 Å². The van der Waals surface area contributed by atoms with Crippen molar-refractivity contribution in [3.05, 3.63) is 35.4 Å². The molecule has 0 saturated heterocycles. The SMILES string of the molecule is COC(=O)c1ccccc1C(C)(O)CC(F)(F)C(F)(F)C(F)(F)C(F)(F)C(F)(F)C(F)(F)C(F)(F)F. The maximum atomic E-state index is 14.2. The second-order valence-electron chi connectivity index (χ2n) is 7.56. The van der Waals surface area contributed by atoms with E-state index in [2.05, 4.69) is 4.74 Å². The van der Waals surface area contributed by atoms with E-state index in [0.717, 1.165) is 25.3 Å². The number of alkyl halides is 15. The van der Waals surface area contributed by atoms with Gasteiger partial charge in [-0.15, -0.1) is 0 Å². The molecule has 1 atom stereocenters. The molecule has 0 amide bonds. The quantitative estimate of drug-likeness (QED) is 0.278. The Morgan fingerprint density at radius 1 is 0.722 bits per heavy atom. The second kappa shape index (κ2) is 8.86. The summed E-state index contributed by atoms with van der Waals surface area (Å²) in [6.07, 6.45) is -10.7.